The topological polar surface area (TPSA) is 74.1 Å². The van der Waals surface area contributed by atoms with E-state index in [0.717, 1.165) is 0 Å². The van der Waals surface area contributed by atoms with Crippen LogP contribution in [0.2, 0.25) is 0 Å². The van der Waals surface area contributed by atoms with Crippen LogP contribution >= 0.6 is 11.3 Å². The number of carbonyl (C=O) groups excluding carboxylic acids is 2. The summed E-state index contributed by atoms with van der Waals surface area (Å²) < 4.78 is 0. The summed E-state index contributed by atoms with van der Waals surface area (Å²) in [5.74, 6) is -0.527. The number of rotatable bonds is 5. The normalized spacial score (nSPS) is 11.3. The number of anilines is 1. The third-order valence-corrected chi connectivity index (χ3v) is 3.52. The smallest absolute Gasteiger partial charge is 0.225 e. The fraction of sp³-hybridized carbons (Fsp3) is 0.429. The van der Waals surface area contributed by atoms with Gasteiger partial charge in [-0.2, -0.15) is 5.26 Å². The molecule has 0 fully saturated rings. The molecule has 0 bridgehead atoms. The Labute approximate surface area is 122 Å². The van der Waals surface area contributed by atoms with Crippen molar-refractivity contribution in [3.63, 3.8) is 0 Å². The third kappa shape index (κ3) is 3.75. The van der Waals surface area contributed by atoms with Gasteiger partial charge in [0, 0.05) is 24.8 Å². The Bertz CT molecular complexity index is 581. The summed E-state index contributed by atoms with van der Waals surface area (Å²) in [7, 11) is 0. The summed E-state index contributed by atoms with van der Waals surface area (Å²) in [4.78, 5) is 29.1. The molecule has 1 rings (SSSR count). The summed E-state index contributed by atoms with van der Waals surface area (Å²) in [5, 5.41) is 11.3. The van der Waals surface area contributed by atoms with E-state index < -0.39 is 0 Å². The molecule has 0 saturated carbocycles. The monoisotopic (exact) mass is 291 g/mol. The predicted octanol–water partition coefficient (Wildman–Crippen LogP) is 2.65. The molecule has 1 aromatic heterocycles. The molecule has 20 heavy (non-hydrogen) atoms. The SMILES string of the molecule is CCN(C(C)=O)c1nc(/C=C(\C#N)C(=O)C(C)C)cs1. The Morgan fingerprint density at radius 3 is 2.65 bits per heavy atom. The maximum absolute atomic E-state index is 11.8. The van der Waals surface area contributed by atoms with Gasteiger partial charge in [-0.1, -0.05) is 13.8 Å². The van der Waals surface area contributed by atoms with Crippen molar-refractivity contribution in [3.05, 3.63) is 16.6 Å². The number of hydrogen-bond donors (Lipinski definition) is 0. The maximum atomic E-state index is 11.8. The van der Waals surface area contributed by atoms with Crippen molar-refractivity contribution >= 4 is 34.2 Å². The van der Waals surface area contributed by atoms with Crippen molar-refractivity contribution in [2.45, 2.75) is 27.7 Å². The van der Waals surface area contributed by atoms with Crippen LogP contribution < -0.4 is 4.90 Å². The zero-order valence-electron chi connectivity index (χ0n) is 12.0. The van der Waals surface area contributed by atoms with Crippen LogP contribution in [0, 0.1) is 17.2 Å². The van der Waals surface area contributed by atoms with Crippen LogP contribution in [0.3, 0.4) is 0 Å². The van der Waals surface area contributed by atoms with Crippen LogP contribution in [0.5, 0.6) is 0 Å². The van der Waals surface area contributed by atoms with Crippen LogP contribution in [0.25, 0.3) is 6.08 Å². The summed E-state index contributed by atoms with van der Waals surface area (Å²) in [5.41, 5.74) is 0.609. The Balaban J connectivity index is 3.06. The number of ketones is 1. The Morgan fingerprint density at radius 1 is 1.55 bits per heavy atom. The van der Waals surface area contributed by atoms with E-state index in [9.17, 15) is 9.59 Å². The highest BCUT2D eigenvalue weighted by molar-refractivity contribution is 7.14. The first-order chi connectivity index (χ1) is 9.40. The molecule has 1 amide bonds. The second kappa shape index (κ2) is 6.96. The van der Waals surface area contributed by atoms with Gasteiger partial charge in [0.1, 0.15) is 6.07 Å². The van der Waals surface area contributed by atoms with Gasteiger partial charge in [0.2, 0.25) is 5.91 Å². The van der Waals surface area contributed by atoms with E-state index in [4.69, 9.17) is 5.26 Å². The van der Waals surface area contributed by atoms with Gasteiger partial charge < -0.3 is 0 Å². The molecule has 0 spiro atoms. The van der Waals surface area contributed by atoms with Crippen molar-refractivity contribution in [2.24, 2.45) is 5.92 Å². The van der Waals surface area contributed by atoms with Gasteiger partial charge in [0.05, 0.1) is 11.3 Å². The van der Waals surface area contributed by atoms with Crippen LogP contribution in [-0.4, -0.2) is 23.2 Å². The minimum atomic E-state index is -0.233. The van der Waals surface area contributed by atoms with Gasteiger partial charge >= 0.3 is 0 Å². The summed E-state index contributed by atoms with van der Waals surface area (Å²) in [6.07, 6.45) is 1.47. The molecule has 0 saturated heterocycles. The first-order valence-electron chi connectivity index (χ1n) is 6.30. The lowest BCUT2D eigenvalue weighted by Gasteiger charge is -2.14. The van der Waals surface area contributed by atoms with Gasteiger partial charge in [-0.05, 0) is 13.0 Å². The van der Waals surface area contributed by atoms with E-state index in [0.29, 0.717) is 17.4 Å². The second-order valence-electron chi connectivity index (χ2n) is 4.51. The van der Waals surface area contributed by atoms with E-state index in [-0.39, 0.29) is 23.2 Å². The molecule has 1 heterocycles. The number of nitrogens with zero attached hydrogens (tertiary/aromatic N) is 3. The van der Waals surface area contributed by atoms with E-state index in [1.807, 2.05) is 13.0 Å². The molecule has 106 valence electrons. The van der Waals surface area contributed by atoms with Gasteiger partial charge in [0.15, 0.2) is 10.9 Å². The first kappa shape index (κ1) is 16.1. The molecule has 0 unspecified atom stereocenters. The minimum Gasteiger partial charge on any atom is -0.293 e. The molecular formula is C14H17N3O2S. The molecule has 0 aromatic carbocycles. The van der Waals surface area contributed by atoms with Crippen molar-refractivity contribution in [1.29, 1.82) is 5.26 Å². The van der Waals surface area contributed by atoms with Crippen molar-refractivity contribution < 1.29 is 9.59 Å². The van der Waals surface area contributed by atoms with Crippen molar-refractivity contribution in [3.8, 4) is 6.07 Å². The Morgan fingerprint density at radius 2 is 2.20 bits per heavy atom. The molecular weight excluding hydrogens is 274 g/mol. The summed E-state index contributed by atoms with van der Waals surface area (Å²) in [6, 6.07) is 1.90. The van der Waals surface area contributed by atoms with Gasteiger partial charge in [-0.25, -0.2) is 4.98 Å². The summed E-state index contributed by atoms with van der Waals surface area (Å²) >= 11 is 1.31. The van der Waals surface area contributed by atoms with E-state index >= 15 is 0 Å². The molecule has 0 radical (unpaired) electrons. The number of thiazole rings is 1. The maximum Gasteiger partial charge on any atom is 0.225 e. The van der Waals surface area contributed by atoms with E-state index in [1.54, 1.807) is 24.1 Å². The lowest BCUT2D eigenvalue weighted by Crippen LogP contribution is -2.27. The molecule has 1 aromatic rings. The molecule has 0 aliphatic rings. The third-order valence-electron chi connectivity index (χ3n) is 2.64. The van der Waals surface area contributed by atoms with Gasteiger partial charge in [-0.3, -0.25) is 14.5 Å². The quantitative estimate of drug-likeness (QED) is 0.617. The number of allylic oxidation sites excluding steroid dienone is 1. The van der Waals surface area contributed by atoms with Crippen LogP contribution in [0.1, 0.15) is 33.4 Å². The highest BCUT2D eigenvalue weighted by Crippen LogP contribution is 2.22. The molecule has 0 aliphatic heterocycles. The Kier molecular flexibility index (Phi) is 5.59. The molecule has 0 atom stereocenters. The fourth-order valence-electron chi connectivity index (χ4n) is 1.58. The minimum absolute atomic E-state index is 0.0859. The predicted molar refractivity (Wildman–Crippen MR) is 79.3 cm³/mol. The molecule has 5 nitrogen and oxygen atoms in total. The number of carbonyl (C=O) groups is 2. The lowest BCUT2D eigenvalue weighted by atomic mass is 10.0. The molecule has 0 N–H and O–H groups in total. The average molecular weight is 291 g/mol. The highest BCUT2D eigenvalue weighted by Gasteiger charge is 2.16. The van der Waals surface area contributed by atoms with Gasteiger partial charge in [0.25, 0.3) is 0 Å². The first-order valence-corrected chi connectivity index (χ1v) is 7.18. The van der Waals surface area contributed by atoms with Crippen molar-refractivity contribution in [1.82, 2.24) is 4.98 Å². The molecule has 6 heteroatoms. The van der Waals surface area contributed by atoms with Gasteiger partial charge in [-0.15, -0.1) is 11.3 Å². The number of amides is 1. The fourth-order valence-corrected chi connectivity index (χ4v) is 2.47. The van der Waals surface area contributed by atoms with Crippen LogP contribution in [0.4, 0.5) is 5.13 Å². The second-order valence-corrected chi connectivity index (χ2v) is 5.34. The van der Waals surface area contributed by atoms with Crippen molar-refractivity contribution in [2.75, 3.05) is 11.4 Å². The number of aromatic nitrogens is 1. The zero-order valence-corrected chi connectivity index (χ0v) is 12.8. The average Bonchev–Trinajstić information content (AvgIpc) is 2.83. The zero-order chi connectivity index (χ0) is 15.3. The highest BCUT2D eigenvalue weighted by atomic mass is 32.1. The molecule has 0 aliphatic carbocycles. The lowest BCUT2D eigenvalue weighted by molar-refractivity contribution is -0.118. The Hall–Kier alpha value is -2.00. The largest absolute Gasteiger partial charge is 0.293 e. The van der Waals surface area contributed by atoms with E-state index in [1.165, 1.54) is 24.3 Å². The number of nitriles is 1. The van der Waals surface area contributed by atoms with Crippen LogP contribution in [0.15, 0.2) is 11.0 Å². The van der Waals surface area contributed by atoms with E-state index in [2.05, 4.69) is 4.98 Å². The van der Waals surface area contributed by atoms with Crippen LogP contribution in [-0.2, 0) is 9.59 Å². The standard InChI is InChI=1S/C14H17N3O2S/c1-5-17(10(4)18)14-16-12(8-20-14)6-11(7-15)13(19)9(2)3/h6,8-9H,5H2,1-4H3/b11-6+. The number of hydrogen-bond acceptors (Lipinski definition) is 5. The summed E-state index contributed by atoms with van der Waals surface area (Å²) in [6.45, 7) is 7.36. The number of Topliss-reactive ketones (excluding diaryl/α,β-unsaturated/α-hetero) is 1.